The van der Waals surface area contributed by atoms with Crippen molar-refractivity contribution in [3.8, 4) is 0 Å². The molecule has 4 fully saturated rings. The van der Waals surface area contributed by atoms with Crippen LogP contribution in [-0.4, -0.2) is 53.1 Å². The number of hydrogen-bond acceptors (Lipinski definition) is 6. The second-order valence-electron chi connectivity index (χ2n) is 18.4. The van der Waals surface area contributed by atoms with Crippen molar-refractivity contribution in [2.75, 3.05) is 13.2 Å². The van der Waals surface area contributed by atoms with Gasteiger partial charge in [-0.15, -0.1) is 0 Å². The molecule has 5 aliphatic carbocycles. The number of amides is 1. The number of carboxylic acids is 1. The number of esters is 1. The molecule has 8 nitrogen and oxygen atoms in total. The first-order chi connectivity index (χ1) is 22.2. The number of carboxylic acid groups (broad SMARTS) is 1. The fourth-order valence-electron chi connectivity index (χ4n) is 12.2. The third kappa shape index (κ3) is 5.60. The molecule has 0 spiro atoms. The van der Waals surface area contributed by atoms with Crippen LogP contribution in [0.2, 0.25) is 0 Å². The van der Waals surface area contributed by atoms with E-state index in [0.717, 1.165) is 56.9 Å². The lowest BCUT2D eigenvalue weighted by Crippen LogP contribution is -2.65. The number of fused-ring (bicyclic) bond motifs is 7. The molecule has 5 rings (SSSR count). The molecule has 0 aromatic heterocycles. The lowest BCUT2D eigenvalue weighted by atomic mass is 9.33. The largest absolute Gasteiger partial charge is 0.481 e. The van der Waals surface area contributed by atoms with Crippen LogP contribution in [0.15, 0.2) is 23.3 Å². The van der Waals surface area contributed by atoms with Crippen molar-refractivity contribution < 1.29 is 34.1 Å². The average molecular weight is 668 g/mol. The lowest BCUT2D eigenvalue weighted by Gasteiger charge is -2.72. The summed E-state index contributed by atoms with van der Waals surface area (Å²) < 4.78 is 6.13. The van der Waals surface area contributed by atoms with Crippen molar-refractivity contribution in [2.45, 2.75) is 133 Å². The Hall–Kier alpha value is -2.48. The number of rotatable bonds is 9. The molecule has 8 heteroatoms. The van der Waals surface area contributed by atoms with E-state index >= 15 is 0 Å². The Balaban J connectivity index is 1.45. The fourth-order valence-corrected chi connectivity index (χ4v) is 12.2. The third-order valence-electron chi connectivity index (χ3n) is 14.8. The Morgan fingerprint density at radius 2 is 1.65 bits per heavy atom. The van der Waals surface area contributed by atoms with Crippen molar-refractivity contribution in [1.82, 2.24) is 5.32 Å². The molecule has 8 unspecified atom stereocenters. The molecule has 0 saturated heterocycles. The van der Waals surface area contributed by atoms with Gasteiger partial charge in [0.05, 0.1) is 18.4 Å². The van der Waals surface area contributed by atoms with Crippen LogP contribution in [0, 0.1) is 56.2 Å². The summed E-state index contributed by atoms with van der Waals surface area (Å²) >= 11 is 0. The maximum Gasteiger partial charge on any atom is 0.309 e. The van der Waals surface area contributed by atoms with Gasteiger partial charge in [0, 0.05) is 23.8 Å². The van der Waals surface area contributed by atoms with Crippen LogP contribution in [0.25, 0.3) is 0 Å². The number of ketones is 1. The third-order valence-corrected chi connectivity index (χ3v) is 14.8. The van der Waals surface area contributed by atoms with E-state index in [2.05, 4.69) is 53.8 Å². The Morgan fingerprint density at radius 3 is 2.27 bits per heavy atom. The van der Waals surface area contributed by atoms with Gasteiger partial charge in [0.2, 0.25) is 5.91 Å². The number of hydrogen-bond donors (Lipinski definition) is 3. The lowest BCUT2D eigenvalue weighted by molar-refractivity contribution is -0.232. The highest BCUT2D eigenvalue weighted by Crippen LogP contribution is 2.76. The zero-order chi connectivity index (χ0) is 35.7. The number of nitrogens with one attached hydrogen (secondary N) is 1. The normalized spacial score (nSPS) is 39.0. The van der Waals surface area contributed by atoms with Gasteiger partial charge in [0.15, 0.2) is 5.78 Å². The molecule has 0 aromatic rings. The van der Waals surface area contributed by atoms with Gasteiger partial charge in [-0.3, -0.25) is 19.2 Å². The van der Waals surface area contributed by atoms with Gasteiger partial charge >= 0.3 is 11.9 Å². The minimum atomic E-state index is -1.17. The van der Waals surface area contributed by atoms with E-state index in [1.54, 1.807) is 19.9 Å². The van der Waals surface area contributed by atoms with Gasteiger partial charge in [-0.2, -0.15) is 0 Å². The molecule has 1 amide bonds. The van der Waals surface area contributed by atoms with Gasteiger partial charge in [0.1, 0.15) is 6.10 Å². The zero-order valence-electron chi connectivity index (χ0n) is 31.0. The number of aliphatic hydroxyl groups is 1. The molecule has 5 aliphatic rings. The molecule has 0 bridgehead atoms. The minimum Gasteiger partial charge on any atom is -0.481 e. The maximum atomic E-state index is 13.8. The molecule has 4 saturated carbocycles. The van der Waals surface area contributed by atoms with Crippen molar-refractivity contribution in [1.29, 1.82) is 0 Å². The van der Waals surface area contributed by atoms with Crippen LogP contribution in [0.4, 0.5) is 0 Å². The van der Waals surface area contributed by atoms with Crippen LogP contribution in [0.3, 0.4) is 0 Å². The molecule has 8 atom stereocenters. The van der Waals surface area contributed by atoms with Crippen molar-refractivity contribution in [3.05, 3.63) is 23.3 Å². The Bertz CT molecular complexity index is 1410. The second kappa shape index (κ2) is 12.4. The van der Waals surface area contributed by atoms with Gasteiger partial charge in [-0.1, -0.05) is 54.5 Å². The Kier molecular flexibility index (Phi) is 9.49. The van der Waals surface area contributed by atoms with Crippen LogP contribution in [0.5, 0.6) is 0 Å². The molecule has 0 radical (unpaired) electrons. The Morgan fingerprint density at radius 1 is 0.958 bits per heavy atom. The summed E-state index contributed by atoms with van der Waals surface area (Å²) in [7, 11) is 0. The predicted octanol–water partition coefficient (Wildman–Crippen LogP) is 7.04. The molecule has 3 N–H and O–H groups in total. The summed E-state index contributed by atoms with van der Waals surface area (Å²) in [4.78, 5) is 51.1. The zero-order valence-corrected chi connectivity index (χ0v) is 31.0. The summed E-state index contributed by atoms with van der Waals surface area (Å²) in [5, 5.41) is 21.5. The first-order valence-electron chi connectivity index (χ1n) is 18.5. The fraction of sp³-hybridized carbons (Fsp3) is 0.800. The highest BCUT2D eigenvalue weighted by atomic mass is 16.5. The van der Waals surface area contributed by atoms with E-state index in [4.69, 9.17) is 4.74 Å². The average Bonchev–Trinajstić information content (AvgIpc) is 3.29. The van der Waals surface area contributed by atoms with Crippen molar-refractivity contribution in [3.63, 3.8) is 0 Å². The molecule has 0 heterocycles. The van der Waals surface area contributed by atoms with Gasteiger partial charge in [-0.05, 0) is 122 Å². The summed E-state index contributed by atoms with van der Waals surface area (Å²) in [6, 6.07) is 0. The number of allylic oxidation sites excluding steroid dienone is 3. The molecule has 268 valence electrons. The van der Waals surface area contributed by atoms with Gasteiger partial charge in [0.25, 0.3) is 0 Å². The first kappa shape index (κ1) is 36.8. The summed E-state index contributed by atoms with van der Waals surface area (Å²) in [5.41, 5.74) is 0.563. The number of ether oxygens (including phenoxy) is 1. The quantitative estimate of drug-likeness (QED) is 0.178. The highest BCUT2D eigenvalue weighted by molar-refractivity contribution is 6.01. The van der Waals surface area contributed by atoms with E-state index in [-0.39, 0.29) is 70.9 Å². The van der Waals surface area contributed by atoms with Crippen LogP contribution >= 0.6 is 0 Å². The molecule has 48 heavy (non-hydrogen) atoms. The Labute approximate surface area is 287 Å². The number of Topliss-reactive ketones (excluding diaryl/α,β-unsaturated/α-hetero) is 1. The summed E-state index contributed by atoms with van der Waals surface area (Å²) in [6.07, 6.45) is 11.5. The monoisotopic (exact) mass is 667 g/mol. The van der Waals surface area contributed by atoms with Gasteiger partial charge < -0.3 is 20.3 Å². The number of aliphatic hydroxyl groups excluding tert-OH is 1. The smallest absolute Gasteiger partial charge is 0.309 e. The van der Waals surface area contributed by atoms with Gasteiger partial charge in [-0.25, -0.2) is 0 Å². The van der Waals surface area contributed by atoms with E-state index < -0.39 is 22.8 Å². The SMILES string of the molecule is CC(C)C1=C2C3CCC4C5(C)CCC(OC(=O)CC(C)(C)C(=O)O)C(C)(C)C5CCC4(C)C3(C)CCC2(C=CC(=O)NCCO)CC1=O. The summed E-state index contributed by atoms with van der Waals surface area (Å²) in [6.45, 7) is 19.6. The number of carbonyl (C=O) groups excluding carboxylic acids is 3. The van der Waals surface area contributed by atoms with Crippen LogP contribution in [0.1, 0.15) is 127 Å². The minimum absolute atomic E-state index is 0.00362. The first-order valence-corrected chi connectivity index (χ1v) is 18.5. The molecular formula is C40H61NO7. The topological polar surface area (TPSA) is 130 Å². The van der Waals surface area contributed by atoms with Crippen molar-refractivity contribution in [2.24, 2.45) is 56.2 Å². The maximum absolute atomic E-state index is 13.8. The van der Waals surface area contributed by atoms with Crippen molar-refractivity contribution >= 4 is 23.6 Å². The molecule has 0 aliphatic heterocycles. The highest BCUT2D eigenvalue weighted by Gasteiger charge is 2.70. The number of aliphatic carboxylic acids is 1. The summed E-state index contributed by atoms with van der Waals surface area (Å²) in [5.74, 6) is -0.186. The van der Waals surface area contributed by atoms with E-state index in [1.807, 2.05) is 6.08 Å². The predicted molar refractivity (Wildman–Crippen MR) is 185 cm³/mol. The van der Waals surface area contributed by atoms with E-state index in [0.29, 0.717) is 18.3 Å². The molecule has 0 aromatic carbocycles. The molecular weight excluding hydrogens is 606 g/mol. The van der Waals surface area contributed by atoms with Crippen LogP contribution in [-0.2, 0) is 23.9 Å². The second-order valence-corrected chi connectivity index (χ2v) is 18.4. The van der Waals surface area contributed by atoms with E-state index in [9.17, 15) is 29.4 Å². The number of carbonyl (C=O) groups is 4. The van der Waals surface area contributed by atoms with Crippen LogP contribution < -0.4 is 5.32 Å². The standard InChI is InChI=1S/C40H61NO7/c1-24(2)32-26(43)22-40(17-14-30(44)41-20-21-42)19-18-38(8)25(33(32)40)10-11-28-37(7)15-13-29(48-31(45)23-35(3,4)34(46)47)36(5,6)27(37)12-16-39(28,38)9/h14,17,24-25,27-29,42H,10-13,15-16,18-23H2,1-9H3,(H,41,44)(H,46,47). The van der Waals surface area contributed by atoms with E-state index in [1.165, 1.54) is 5.57 Å².